The molecular formula is C14H12ClN3O2. The number of rotatable bonds is 3. The molecule has 1 amide bonds. The topological polar surface area (TPSA) is 59.5 Å². The van der Waals surface area contributed by atoms with Gasteiger partial charge in [0.2, 0.25) is 0 Å². The molecule has 0 radical (unpaired) electrons. The fraction of sp³-hybridized carbons (Fsp3) is 0.143. The average Bonchev–Trinajstić information content (AvgIpc) is 3.02. The third-order valence-electron chi connectivity index (χ3n) is 2.98. The molecule has 3 rings (SSSR count). The molecular weight excluding hydrogens is 278 g/mol. The Kier molecular flexibility index (Phi) is 3.20. The molecule has 20 heavy (non-hydrogen) atoms. The highest BCUT2D eigenvalue weighted by Gasteiger charge is 2.16. The molecule has 0 fully saturated rings. The van der Waals surface area contributed by atoms with Crippen LogP contribution in [0.5, 0.6) is 0 Å². The second-order valence-electron chi connectivity index (χ2n) is 4.38. The first-order valence-corrected chi connectivity index (χ1v) is 6.48. The second kappa shape index (κ2) is 5.02. The Morgan fingerprint density at radius 3 is 3.10 bits per heavy atom. The SMILES string of the molecule is Cc1nc2cc(Cl)ccn2c1C(=O)NCc1ccco1. The molecule has 0 unspecified atom stereocenters. The van der Waals surface area contributed by atoms with Crippen LogP contribution in [0.25, 0.3) is 5.65 Å². The van der Waals surface area contributed by atoms with Gasteiger partial charge in [-0.15, -0.1) is 0 Å². The van der Waals surface area contributed by atoms with Crippen molar-refractivity contribution in [1.29, 1.82) is 0 Å². The first kappa shape index (κ1) is 12.7. The molecule has 3 aromatic heterocycles. The second-order valence-corrected chi connectivity index (χ2v) is 4.82. The lowest BCUT2D eigenvalue weighted by atomic mass is 10.3. The van der Waals surface area contributed by atoms with Crippen molar-refractivity contribution in [2.24, 2.45) is 0 Å². The quantitative estimate of drug-likeness (QED) is 0.806. The van der Waals surface area contributed by atoms with Crippen molar-refractivity contribution in [1.82, 2.24) is 14.7 Å². The lowest BCUT2D eigenvalue weighted by molar-refractivity contribution is 0.0941. The molecule has 0 saturated carbocycles. The number of nitrogens with zero attached hydrogens (tertiary/aromatic N) is 2. The Bertz CT molecular complexity index is 762. The third-order valence-corrected chi connectivity index (χ3v) is 3.22. The number of aromatic nitrogens is 2. The largest absolute Gasteiger partial charge is 0.467 e. The van der Waals surface area contributed by atoms with E-state index < -0.39 is 0 Å². The maximum atomic E-state index is 12.3. The Hall–Kier alpha value is -2.27. The zero-order valence-corrected chi connectivity index (χ0v) is 11.5. The van der Waals surface area contributed by atoms with Crippen LogP contribution in [-0.2, 0) is 6.54 Å². The van der Waals surface area contributed by atoms with Crippen molar-refractivity contribution in [3.8, 4) is 0 Å². The van der Waals surface area contributed by atoms with Crippen LogP contribution in [0.4, 0.5) is 0 Å². The highest BCUT2D eigenvalue weighted by atomic mass is 35.5. The summed E-state index contributed by atoms with van der Waals surface area (Å²) in [4.78, 5) is 16.6. The number of halogens is 1. The first-order valence-electron chi connectivity index (χ1n) is 6.10. The Balaban J connectivity index is 1.89. The fourth-order valence-electron chi connectivity index (χ4n) is 2.08. The summed E-state index contributed by atoms with van der Waals surface area (Å²) in [5, 5.41) is 3.40. The predicted octanol–water partition coefficient (Wildman–Crippen LogP) is 2.82. The number of carbonyl (C=O) groups excluding carboxylic acids is 1. The highest BCUT2D eigenvalue weighted by molar-refractivity contribution is 6.30. The van der Waals surface area contributed by atoms with Gasteiger partial charge in [-0.05, 0) is 25.1 Å². The summed E-state index contributed by atoms with van der Waals surface area (Å²) in [5.74, 6) is 0.501. The van der Waals surface area contributed by atoms with Crippen molar-refractivity contribution in [3.63, 3.8) is 0 Å². The van der Waals surface area contributed by atoms with Crippen LogP contribution in [0.2, 0.25) is 5.02 Å². The molecule has 1 N–H and O–H groups in total. The molecule has 0 aliphatic heterocycles. The average molecular weight is 290 g/mol. The molecule has 0 aromatic carbocycles. The summed E-state index contributed by atoms with van der Waals surface area (Å²) < 4.78 is 6.90. The third kappa shape index (κ3) is 2.28. The van der Waals surface area contributed by atoms with Crippen molar-refractivity contribution in [2.45, 2.75) is 13.5 Å². The number of pyridine rings is 1. The molecule has 0 spiro atoms. The van der Waals surface area contributed by atoms with Gasteiger partial charge in [0.15, 0.2) is 0 Å². The molecule has 0 atom stereocenters. The van der Waals surface area contributed by atoms with Crippen LogP contribution >= 0.6 is 11.6 Å². The first-order chi connectivity index (χ1) is 9.65. The monoisotopic (exact) mass is 289 g/mol. The van der Waals surface area contributed by atoms with Crippen molar-refractivity contribution >= 4 is 23.2 Å². The van der Waals surface area contributed by atoms with E-state index >= 15 is 0 Å². The van der Waals surface area contributed by atoms with E-state index in [2.05, 4.69) is 10.3 Å². The minimum atomic E-state index is -0.200. The number of imidazole rings is 1. The Morgan fingerprint density at radius 1 is 1.50 bits per heavy atom. The van der Waals surface area contributed by atoms with Gasteiger partial charge in [0.25, 0.3) is 5.91 Å². The minimum Gasteiger partial charge on any atom is -0.467 e. The summed E-state index contributed by atoms with van der Waals surface area (Å²) in [5.41, 5.74) is 1.81. The number of aryl methyl sites for hydroxylation is 1. The number of hydrogen-bond donors (Lipinski definition) is 1. The maximum absolute atomic E-state index is 12.3. The molecule has 102 valence electrons. The van der Waals surface area contributed by atoms with E-state index in [1.807, 2.05) is 0 Å². The zero-order valence-electron chi connectivity index (χ0n) is 10.8. The van der Waals surface area contributed by atoms with Gasteiger partial charge in [0, 0.05) is 17.3 Å². The van der Waals surface area contributed by atoms with E-state index in [-0.39, 0.29) is 5.91 Å². The van der Waals surface area contributed by atoms with E-state index in [1.54, 1.807) is 48.0 Å². The molecule has 5 nitrogen and oxygen atoms in total. The van der Waals surface area contributed by atoms with Crippen molar-refractivity contribution in [3.05, 3.63) is 58.9 Å². The van der Waals surface area contributed by atoms with Gasteiger partial charge in [0.05, 0.1) is 18.5 Å². The zero-order chi connectivity index (χ0) is 14.1. The number of amides is 1. The maximum Gasteiger partial charge on any atom is 0.270 e. The molecule has 3 aromatic rings. The molecule has 6 heteroatoms. The smallest absolute Gasteiger partial charge is 0.270 e. The number of fused-ring (bicyclic) bond motifs is 1. The van der Waals surface area contributed by atoms with E-state index in [4.69, 9.17) is 16.0 Å². The number of furan rings is 1. The van der Waals surface area contributed by atoms with Crippen LogP contribution in [0, 0.1) is 6.92 Å². The number of nitrogens with one attached hydrogen (secondary N) is 1. The van der Waals surface area contributed by atoms with Crippen molar-refractivity contribution in [2.75, 3.05) is 0 Å². The van der Waals surface area contributed by atoms with E-state index in [9.17, 15) is 4.79 Å². The van der Waals surface area contributed by atoms with Gasteiger partial charge >= 0.3 is 0 Å². The summed E-state index contributed by atoms with van der Waals surface area (Å²) >= 11 is 5.92. The minimum absolute atomic E-state index is 0.200. The molecule has 0 aliphatic rings. The molecule has 0 saturated heterocycles. The summed E-state index contributed by atoms with van der Waals surface area (Å²) in [6.45, 7) is 2.13. The van der Waals surface area contributed by atoms with Crippen LogP contribution in [0.15, 0.2) is 41.1 Å². The van der Waals surface area contributed by atoms with Crippen LogP contribution in [0.1, 0.15) is 21.9 Å². The summed E-state index contributed by atoms with van der Waals surface area (Å²) in [6, 6.07) is 7.03. The summed E-state index contributed by atoms with van der Waals surface area (Å²) in [6.07, 6.45) is 3.31. The Morgan fingerprint density at radius 2 is 2.35 bits per heavy atom. The standard InChI is InChI=1S/C14H12ClN3O2/c1-9-13(14(19)16-8-11-3-2-6-20-11)18-5-4-10(15)7-12(18)17-9/h2-7H,8H2,1H3,(H,16,19). The number of hydrogen-bond acceptors (Lipinski definition) is 3. The van der Waals surface area contributed by atoms with Crippen LogP contribution in [-0.4, -0.2) is 15.3 Å². The van der Waals surface area contributed by atoms with Gasteiger partial charge < -0.3 is 9.73 Å². The van der Waals surface area contributed by atoms with E-state index in [0.29, 0.717) is 34.4 Å². The Labute approximate surface area is 120 Å². The normalized spacial score (nSPS) is 10.9. The van der Waals surface area contributed by atoms with Gasteiger partial charge in [-0.25, -0.2) is 4.98 Å². The lowest BCUT2D eigenvalue weighted by Gasteiger charge is -2.04. The van der Waals surface area contributed by atoms with Gasteiger partial charge in [0.1, 0.15) is 17.1 Å². The lowest BCUT2D eigenvalue weighted by Crippen LogP contribution is -2.24. The summed E-state index contributed by atoms with van der Waals surface area (Å²) in [7, 11) is 0. The van der Waals surface area contributed by atoms with Gasteiger partial charge in [-0.2, -0.15) is 0 Å². The van der Waals surface area contributed by atoms with Gasteiger partial charge in [-0.1, -0.05) is 11.6 Å². The van der Waals surface area contributed by atoms with E-state index in [0.717, 1.165) is 0 Å². The predicted molar refractivity (Wildman–Crippen MR) is 74.8 cm³/mol. The highest BCUT2D eigenvalue weighted by Crippen LogP contribution is 2.16. The van der Waals surface area contributed by atoms with E-state index in [1.165, 1.54) is 0 Å². The van der Waals surface area contributed by atoms with Crippen LogP contribution < -0.4 is 5.32 Å². The van der Waals surface area contributed by atoms with Gasteiger partial charge in [-0.3, -0.25) is 9.20 Å². The van der Waals surface area contributed by atoms with Crippen molar-refractivity contribution < 1.29 is 9.21 Å². The molecule has 3 heterocycles. The molecule has 0 bridgehead atoms. The molecule has 0 aliphatic carbocycles. The van der Waals surface area contributed by atoms with Crippen LogP contribution in [0.3, 0.4) is 0 Å². The fourth-order valence-corrected chi connectivity index (χ4v) is 2.23. The number of carbonyl (C=O) groups is 1.